The molecule has 4 nitrogen and oxygen atoms in total. The van der Waals surface area contributed by atoms with Crippen molar-refractivity contribution in [1.29, 1.82) is 0 Å². The molecule has 19 heavy (non-hydrogen) atoms. The van der Waals surface area contributed by atoms with Crippen LogP contribution in [0.15, 0.2) is 23.1 Å². The van der Waals surface area contributed by atoms with Crippen LogP contribution in [0.2, 0.25) is 0 Å². The van der Waals surface area contributed by atoms with Gasteiger partial charge in [-0.1, -0.05) is 19.1 Å². The Kier molecular flexibility index (Phi) is 4.55. The average molecular weight is 301 g/mol. The van der Waals surface area contributed by atoms with Crippen molar-refractivity contribution >= 4 is 21.8 Å². The van der Waals surface area contributed by atoms with Crippen molar-refractivity contribution in [3.8, 4) is 0 Å². The predicted molar refractivity (Wildman–Crippen MR) is 77.8 cm³/mol. The van der Waals surface area contributed by atoms with Gasteiger partial charge in [0, 0.05) is 24.1 Å². The Morgan fingerprint density at radius 1 is 1.47 bits per heavy atom. The Morgan fingerprint density at radius 2 is 2.21 bits per heavy atom. The molecule has 0 spiro atoms. The summed E-state index contributed by atoms with van der Waals surface area (Å²) in [5.74, 6) is 0.832. The van der Waals surface area contributed by atoms with E-state index in [-0.39, 0.29) is 6.61 Å². The Hall–Kier alpha value is -0.560. The molecule has 1 aliphatic heterocycles. The van der Waals surface area contributed by atoms with Crippen LogP contribution in [0.25, 0.3) is 0 Å². The molecule has 1 fully saturated rings. The third-order valence-electron chi connectivity index (χ3n) is 3.39. The Bertz CT molecular complexity index is 557. The zero-order valence-corrected chi connectivity index (χ0v) is 12.8. The SMILES string of the molecule is Cc1c(CO)cccc1S(=O)(=O)N1CCSC(C)C1. The van der Waals surface area contributed by atoms with Crippen LogP contribution in [-0.2, 0) is 16.6 Å². The van der Waals surface area contributed by atoms with Crippen LogP contribution in [0, 0.1) is 6.92 Å². The molecule has 1 aromatic carbocycles. The summed E-state index contributed by atoms with van der Waals surface area (Å²) in [6, 6.07) is 5.06. The normalized spacial score (nSPS) is 21.5. The number of hydrogen-bond acceptors (Lipinski definition) is 4. The fourth-order valence-electron chi connectivity index (χ4n) is 2.25. The van der Waals surface area contributed by atoms with E-state index in [0.717, 1.165) is 5.75 Å². The van der Waals surface area contributed by atoms with E-state index in [9.17, 15) is 13.5 Å². The van der Waals surface area contributed by atoms with Crippen molar-refractivity contribution in [2.45, 2.75) is 30.6 Å². The van der Waals surface area contributed by atoms with Gasteiger partial charge in [-0.15, -0.1) is 0 Å². The lowest BCUT2D eigenvalue weighted by molar-refractivity contribution is 0.280. The zero-order chi connectivity index (χ0) is 14.0. The molecular weight excluding hydrogens is 282 g/mol. The number of benzene rings is 1. The van der Waals surface area contributed by atoms with Gasteiger partial charge >= 0.3 is 0 Å². The Balaban J connectivity index is 2.39. The third kappa shape index (κ3) is 2.97. The molecule has 6 heteroatoms. The summed E-state index contributed by atoms with van der Waals surface area (Å²) in [5.41, 5.74) is 1.32. The molecule has 0 bridgehead atoms. The largest absolute Gasteiger partial charge is 0.392 e. The second-order valence-electron chi connectivity index (χ2n) is 4.74. The molecule has 0 aromatic heterocycles. The topological polar surface area (TPSA) is 57.6 Å². The molecule has 1 unspecified atom stereocenters. The predicted octanol–water partition coefficient (Wildman–Crippen LogP) is 1.61. The van der Waals surface area contributed by atoms with Crippen molar-refractivity contribution in [2.24, 2.45) is 0 Å². The van der Waals surface area contributed by atoms with Crippen molar-refractivity contribution in [2.75, 3.05) is 18.8 Å². The van der Waals surface area contributed by atoms with Crippen LogP contribution in [0.3, 0.4) is 0 Å². The van der Waals surface area contributed by atoms with E-state index in [0.29, 0.717) is 34.4 Å². The van der Waals surface area contributed by atoms with Crippen molar-refractivity contribution < 1.29 is 13.5 Å². The lowest BCUT2D eigenvalue weighted by atomic mass is 10.1. The first-order chi connectivity index (χ1) is 8.96. The maximum atomic E-state index is 12.7. The molecular formula is C13H19NO3S2. The van der Waals surface area contributed by atoms with Crippen LogP contribution >= 0.6 is 11.8 Å². The highest BCUT2D eigenvalue weighted by Gasteiger charge is 2.30. The molecule has 1 saturated heterocycles. The highest BCUT2D eigenvalue weighted by molar-refractivity contribution is 8.00. The number of nitrogens with zero attached hydrogens (tertiary/aromatic N) is 1. The summed E-state index contributed by atoms with van der Waals surface area (Å²) in [6.07, 6.45) is 0. The molecule has 0 saturated carbocycles. The summed E-state index contributed by atoms with van der Waals surface area (Å²) in [7, 11) is -3.45. The molecule has 1 N–H and O–H groups in total. The summed E-state index contributed by atoms with van der Waals surface area (Å²) in [4.78, 5) is 0.318. The lowest BCUT2D eigenvalue weighted by Crippen LogP contribution is -2.41. The molecule has 1 aromatic rings. The van der Waals surface area contributed by atoms with Crippen LogP contribution in [0.5, 0.6) is 0 Å². The molecule has 0 radical (unpaired) electrons. The molecule has 0 amide bonds. The second kappa shape index (κ2) is 5.83. The van der Waals surface area contributed by atoms with Gasteiger partial charge in [0.05, 0.1) is 11.5 Å². The van der Waals surface area contributed by atoms with E-state index in [1.54, 1.807) is 41.2 Å². The minimum Gasteiger partial charge on any atom is -0.392 e. The van der Waals surface area contributed by atoms with Crippen molar-refractivity contribution in [3.05, 3.63) is 29.3 Å². The molecule has 1 aliphatic rings. The maximum Gasteiger partial charge on any atom is 0.243 e. The monoisotopic (exact) mass is 301 g/mol. The number of sulfonamides is 1. The van der Waals surface area contributed by atoms with E-state index in [4.69, 9.17) is 0 Å². The van der Waals surface area contributed by atoms with E-state index < -0.39 is 10.0 Å². The average Bonchev–Trinajstić information content (AvgIpc) is 2.38. The first kappa shape index (κ1) is 14.8. The van der Waals surface area contributed by atoms with Gasteiger partial charge in [-0.3, -0.25) is 0 Å². The molecule has 1 atom stereocenters. The smallest absolute Gasteiger partial charge is 0.243 e. The highest BCUT2D eigenvalue weighted by Crippen LogP contribution is 2.27. The number of rotatable bonds is 3. The van der Waals surface area contributed by atoms with Gasteiger partial charge in [-0.25, -0.2) is 8.42 Å². The van der Waals surface area contributed by atoms with Crippen LogP contribution < -0.4 is 0 Å². The first-order valence-electron chi connectivity index (χ1n) is 6.28. The van der Waals surface area contributed by atoms with E-state index in [1.807, 2.05) is 6.92 Å². The van der Waals surface area contributed by atoms with Crippen LogP contribution in [-0.4, -0.2) is 41.9 Å². The van der Waals surface area contributed by atoms with Gasteiger partial charge in [0.2, 0.25) is 10.0 Å². The third-order valence-corrected chi connectivity index (χ3v) is 6.53. The maximum absolute atomic E-state index is 12.7. The van der Waals surface area contributed by atoms with Gasteiger partial charge in [0.1, 0.15) is 0 Å². The fraction of sp³-hybridized carbons (Fsp3) is 0.538. The Morgan fingerprint density at radius 3 is 2.84 bits per heavy atom. The summed E-state index contributed by atoms with van der Waals surface area (Å²) in [5, 5.41) is 9.57. The molecule has 106 valence electrons. The van der Waals surface area contributed by atoms with Crippen LogP contribution in [0.4, 0.5) is 0 Å². The fourth-order valence-corrected chi connectivity index (χ4v) is 5.28. The quantitative estimate of drug-likeness (QED) is 0.921. The Labute approximate surface area is 118 Å². The minimum atomic E-state index is -3.45. The van der Waals surface area contributed by atoms with Gasteiger partial charge in [-0.2, -0.15) is 16.1 Å². The second-order valence-corrected chi connectivity index (χ2v) is 8.20. The van der Waals surface area contributed by atoms with Gasteiger partial charge < -0.3 is 5.11 Å². The standard InChI is InChI=1S/C13H19NO3S2/c1-10-8-14(6-7-18-10)19(16,17)13-5-3-4-12(9-15)11(13)2/h3-5,10,15H,6-9H2,1-2H3. The molecule has 1 heterocycles. The molecule has 2 rings (SSSR count). The zero-order valence-electron chi connectivity index (χ0n) is 11.2. The van der Waals surface area contributed by atoms with Gasteiger partial charge in [-0.05, 0) is 24.1 Å². The summed E-state index contributed by atoms with van der Waals surface area (Å²) < 4.78 is 26.9. The van der Waals surface area contributed by atoms with Crippen molar-refractivity contribution in [3.63, 3.8) is 0 Å². The number of thioether (sulfide) groups is 1. The van der Waals surface area contributed by atoms with E-state index in [2.05, 4.69) is 0 Å². The van der Waals surface area contributed by atoms with E-state index >= 15 is 0 Å². The highest BCUT2D eigenvalue weighted by atomic mass is 32.2. The molecule has 0 aliphatic carbocycles. The minimum absolute atomic E-state index is 0.137. The lowest BCUT2D eigenvalue weighted by Gasteiger charge is -2.30. The van der Waals surface area contributed by atoms with Crippen molar-refractivity contribution in [1.82, 2.24) is 4.31 Å². The number of aliphatic hydroxyl groups excluding tert-OH is 1. The van der Waals surface area contributed by atoms with Gasteiger partial charge in [0.25, 0.3) is 0 Å². The van der Waals surface area contributed by atoms with Crippen LogP contribution in [0.1, 0.15) is 18.1 Å². The summed E-state index contributed by atoms with van der Waals surface area (Å²) >= 11 is 1.80. The number of hydrogen-bond donors (Lipinski definition) is 1. The summed E-state index contributed by atoms with van der Waals surface area (Å²) in [6.45, 7) is 4.77. The first-order valence-corrected chi connectivity index (χ1v) is 8.77. The number of aliphatic hydroxyl groups is 1. The van der Waals surface area contributed by atoms with Gasteiger partial charge in [0.15, 0.2) is 0 Å². The van der Waals surface area contributed by atoms with E-state index in [1.165, 1.54) is 0 Å².